The summed E-state index contributed by atoms with van der Waals surface area (Å²) in [6.45, 7) is 3.78. The van der Waals surface area contributed by atoms with Gasteiger partial charge in [-0.1, -0.05) is 65.2 Å². The second-order valence-electron chi connectivity index (χ2n) is 6.31. The molecule has 1 atom stereocenters. The minimum atomic E-state index is -1.31. The second-order valence-corrected chi connectivity index (χ2v) is 6.31. The van der Waals surface area contributed by atoms with Crippen LogP contribution >= 0.6 is 0 Å². The third-order valence-electron chi connectivity index (χ3n) is 4.32. The van der Waals surface area contributed by atoms with Crippen molar-refractivity contribution in [3.8, 4) is 0 Å². The largest absolute Gasteiger partial charge is 0.306 e. The van der Waals surface area contributed by atoms with Crippen molar-refractivity contribution in [1.29, 1.82) is 0 Å². The van der Waals surface area contributed by atoms with Crippen molar-refractivity contribution in [3.05, 3.63) is 20.2 Å². The Labute approximate surface area is 139 Å². The van der Waals surface area contributed by atoms with Crippen LogP contribution in [0.15, 0.2) is 0 Å². The van der Waals surface area contributed by atoms with E-state index in [1.54, 1.807) is 0 Å². The SMILES string of the molecule is CCCCCCCCC(CCCCCC)(CO[N+](=O)[O-])[N+](=O)[O-]. The fourth-order valence-electron chi connectivity index (χ4n) is 2.79. The van der Waals surface area contributed by atoms with Crippen molar-refractivity contribution < 1.29 is 14.8 Å². The first kappa shape index (κ1) is 21.6. The van der Waals surface area contributed by atoms with Gasteiger partial charge in [0, 0.05) is 17.8 Å². The molecule has 136 valence electrons. The molecule has 0 N–H and O–H groups in total. The molecule has 7 heteroatoms. The van der Waals surface area contributed by atoms with Crippen LogP contribution in [-0.4, -0.2) is 22.2 Å². The molecule has 7 nitrogen and oxygen atoms in total. The average molecular weight is 332 g/mol. The van der Waals surface area contributed by atoms with E-state index in [0.29, 0.717) is 19.3 Å². The first-order chi connectivity index (χ1) is 11.0. The van der Waals surface area contributed by atoms with E-state index < -0.39 is 17.2 Å². The molecule has 0 aliphatic rings. The smallest absolute Gasteiger partial charge is 0.294 e. The van der Waals surface area contributed by atoms with Crippen LogP contribution in [-0.2, 0) is 4.84 Å². The molecule has 23 heavy (non-hydrogen) atoms. The van der Waals surface area contributed by atoms with Crippen molar-refractivity contribution in [1.82, 2.24) is 0 Å². The molecule has 0 rings (SSSR count). The minimum absolute atomic E-state index is 0.350. The molecule has 0 heterocycles. The summed E-state index contributed by atoms with van der Waals surface area (Å²) in [5.41, 5.74) is -1.31. The average Bonchev–Trinajstić information content (AvgIpc) is 2.51. The molecular weight excluding hydrogens is 300 g/mol. The topological polar surface area (TPSA) is 95.5 Å². The fraction of sp³-hybridized carbons (Fsp3) is 1.00. The van der Waals surface area contributed by atoms with Crippen LogP contribution in [0.25, 0.3) is 0 Å². The van der Waals surface area contributed by atoms with Crippen molar-refractivity contribution in [2.75, 3.05) is 6.61 Å². The van der Waals surface area contributed by atoms with Crippen LogP contribution in [0.2, 0.25) is 0 Å². The highest BCUT2D eigenvalue weighted by molar-refractivity contribution is 4.79. The predicted octanol–water partition coefficient (Wildman–Crippen LogP) is 4.93. The lowest BCUT2D eigenvalue weighted by Gasteiger charge is -2.24. The maximum atomic E-state index is 11.6. The van der Waals surface area contributed by atoms with Gasteiger partial charge in [0.15, 0.2) is 6.61 Å². The molecule has 0 bridgehead atoms. The van der Waals surface area contributed by atoms with E-state index >= 15 is 0 Å². The van der Waals surface area contributed by atoms with E-state index in [-0.39, 0.29) is 4.92 Å². The van der Waals surface area contributed by atoms with Crippen LogP contribution in [0.5, 0.6) is 0 Å². The van der Waals surface area contributed by atoms with Crippen LogP contribution in [0.4, 0.5) is 0 Å². The van der Waals surface area contributed by atoms with Crippen LogP contribution in [0, 0.1) is 20.2 Å². The number of rotatable bonds is 16. The van der Waals surface area contributed by atoms with Gasteiger partial charge in [-0.25, -0.2) is 0 Å². The Balaban J connectivity index is 4.52. The summed E-state index contributed by atoms with van der Waals surface area (Å²) < 4.78 is 0. The maximum Gasteiger partial charge on any atom is 0.294 e. The number of nitrogens with zero attached hydrogens (tertiary/aromatic N) is 2. The predicted molar refractivity (Wildman–Crippen MR) is 89.4 cm³/mol. The molecule has 0 aliphatic heterocycles. The molecule has 0 aromatic heterocycles. The van der Waals surface area contributed by atoms with Gasteiger partial charge in [0.25, 0.3) is 5.09 Å². The Hall–Kier alpha value is -1.40. The Kier molecular flexibility index (Phi) is 12.3. The standard InChI is InChI=1S/C16H32N2O5/c1-3-5-7-9-10-12-14-16(17(19)20,15-23-18(21)22)13-11-8-6-4-2/h3-15H2,1-2H3. The monoisotopic (exact) mass is 332 g/mol. The molecule has 0 saturated carbocycles. The van der Waals surface area contributed by atoms with Crippen molar-refractivity contribution >= 4 is 0 Å². The number of unbranched alkanes of at least 4 members (excludes halogenated alkanes) is 8. The molecule has 0 aromatic rings. The normalized spacial score (nSPS) is 13.5. The Morgan fingerprint density at radius 1 is 0.783 bits per heavy atom. The van der Waals surface area contributed by atoms with Gasteiger partial charge in [-0.3, -0.25) is 10.1 Å². The van der Waals surface area contributed by atoms with Gasteiger partial charge in [0.1, 0.15) is 0 Å². The number of hydrogen-bond donors (Lipinski definition) is 0. The molecule has 0 aromatic carbocycles. The van der Waals surface area contributed by atoms with Crippen molar-refractivity contribution in [2.45, 2.75) is 96.4 Å². The summed E-state index contributed by atoms with van der Waals surface area (Å²) in [7, 11) is 0. The van der Waals surface area contributed by atoms with Gasteiger partial charge in [-0.05, 0) is 12.8 Å². The zero-order valence-corrected chi connectivity index (χ0v) is 14.6. The number of nitro groups is 1. The highest BCUT2D eigenvalue weighted by atomic mass is 17.0. The molecule has 0 aliphatic carbocycles. The lowest BCUT2D eigenvalue weighted by atomic mass is 9.87. The van der Waals surface area contributed by atoms with E-state index in [9.17, 15) is 20.2 Å². The van der Waals surface area contributed by atoms with E-state index in [1.807, 2.05) is 0 Å². The molecular formula is C16H32N2O5. The van der Waals surface area contributed by atoms with Crippen LogP contribution in [0.3, 0.4) is 0 Å². The van der Waals surface area contributed by atoms with Gasteiger partial charge in [0.05, 0.1) is 0 Å². The van der Waals surface area contributed by atoms with Crippen LogP contribution in [0.1, 0.15) is 90.9 Å². The van der Waals surface area contributed by atoms with Gasteiger partial charge >= 0.3 is 0 Å². The molecule has 0 saturated heterocycles. The summed E-state index contributed by atoms with van der Waals surface area (Å²) in [5, 5.41) is 21.1. The van der Waals surface area contributed by atoms with Gasteiger partial charge < -0.3 is 4.84 Å². The molecule has 1 unspecified atom stereocenters. The van der Waals surface area contributed by atoms with E-state index in [4.69, 9.17) is 0 Å². The summed E-state index contributed by atoms with van der Waals surface area (Å²) >= 11 is 0. The second kappa shape index (κ2) is 13.1. The van der Waals surface area contributed by atoms with Crippen molar-refractivity contribution in [2.24, 2.45) is 0 Å². The highest BCUT2D eigenvalue weighted by Crippen LogP contribution is 2.27. The molecule has 0 amide bonds. The number of hydrogen-bond acceptors (Lipinski definition) is 5. The lowest BCUT2D eigenvalue weighted by Crippen LogP contribution is -2.43. The van der Waals surface area contributed by atoms with E-state index in [0.717, 1.165) is 51.4 Å². The first-order valence-corrected chi connectivity index (χ1v) is 8.90. The third-order valence-corrected chi connectivity index (χ3v) is 4.32. The summed E-state index contributed by atoms with van der Waals surface area (Å²) in [5.74, 6) is 0. The molecule has 0 radical (unpaired) electrons. The molecule has 0 spiro atoms. The van der Waals surface area contributed by atoms with E-state index in [1.165, 1.54) is 6.42 Å². The van der Waals surface area contributed by atoms with Gasteiger partial charge in [0.2, 0.25) is 5.54 Å². The van der Waals surface area contributed by atoms with Gasteiger partial charge in [-0.2, -0.15) is 0 Å². The minimum Gasteiger partial charge on any atom is -0.306 e. The lowest BCUT2D eigenvalue weighted by molar-refractivity contribution is -0.770. The fourth-order valence-corrected chi connectivity index (χ4v) is 2.79. The Bertz CT molecular complexity index is 338. The molecule has 0 fully saturated rings. The zero-order chi connectivity index (χ0) is 17.6. The van der Waals surface area contributed by atoms with Crippen molar-refractivity contribution in [3.63, 3.8) is 0 Å². The Morgan fingerprint density at radius 3 is 1.65 bits per heavy atom. The highest BCUT2D eigenvalue weighted by Gasteiger charge is 2.42. The third kappa shape index (κ3) is 10.1. The summed E-state index contributed by atoms with van der Waals surface area (Å²) in [6.07, 6.45) is 10.6. The summed E-state index contributed by atoms with van der Waals surface area (Å²) in [6, 6.07) is 0. The zero-order valence-electron chi connectivity index (χ0n) is 14.6. The first-order valence-electron chi connectivity index (χ1n) is 8.90. The maximum absolute atomic E-state index is 11.6. The van der Waals surface area contributed by atoms with E-state index in [2.05, 4.69) is 18.7 Å². The summed E-state index contributed by atoms with van der Waals surface area (Å²) in [4.78, 5) is 26.1. The Morgan fingerprint density at radius 2 is 1.22 bits per heavy atom. The quantitative estimate of drug-likeness (QED) is 0.227. The van der Waals surface area contributed by atoms with Gasteiger partial charge in [-0.15, -0.1) is 10.1 Å². The van der Waals surface area contributed by atoms with Crippen LogP contribution < -0.4 is 0 Å².